The summed E-state index contributed by atoms with van der Waals surface area (Å²) < 4.78 is 50.6. The number of anilines is 1. The molecule has 0 aliphatic carbocycles. The average Bonchev–Trinajstić information content (AvgIpc) is 3.06. The van der Waals surface area contributed by atoms with Crippen molar-refractivity contribution in [2.24, 2.45) is 5.92 Å². The Morgan fingerprint density at radius 1 is 0.894 bits per heavy atom. The minimum absolute atomic E-state index is 0.0291. The largest absolute Gasteiger partial charge is 0.494 e. The monoisotopic (exact) mass is 723 g/mol. The van der Waals surface area contributed by atoms with Gasteiger partial charge < -0.3 is 15.0 Å². The first-order valence-electron chi connectivity index (χ1n) is 15.3. The first kappa shape index (κ1) is 35.6. The molecule has 0 bridgehead atoms. The predicted molar refractivity (Wildman–Crippen MR) is 185 cm³/mol. The number of amides is 2. The molecule has 0 radical (unpaired) electrons. The summed E-state index contributed by atoms with van der Waals surface area (Å²) in [6.07, 6.45) is 0.132. The van der Waals surface area contributed by atoms with Crippen LogP contribution in [0.1, 0.15) is 31.9 Å². The zero-order valence-electron chi connectivity index (χ0n) is 26.6. The summed E-state index contributed by atoms with van der Waals surface area (Å²) in [6.45, 7) is 5.63. The van der Waals surface area contributed by atoms with Gasteiger partial charge in [-0.1, -0.05) is 78.3 Å². The molecule has 1 unspecified atom stereocenters. The molecule has 4 rings (SSSR count). The van der Waals surface area contributed by atoms with Crippen LogP contribution in [0, 0.1) is 11.7 Å². The van der Waals surface area contributed by atoms with E-state index in [-0.39, 0.29) is 35.0 Å². The van der Waals surface area contributed by atoms with Crippen LogP contribution in [0.4, 0.5) is 10.1 Å². The molecule has 0 aromatic heterocycles. The third-order valence-corrected chi connectivity index (χ3v) is 9.69. The number of benzene rings is 4. The Bertz CT molecular complexity index is 1740. The summed E-state index contributed by atoms with van der Waals surface area (Å²) in [5.41, 5.74) is 1.20. The molecule has 0 fully saturated rings. The van der Waals surface area contributed by atoms with Crippen LogP contribution in [0.25, 0.3) is 0 Å². The van der Waals surface area contributed by atoms with Crippen LogP contribution in [0.3, 0.4) is 0 Å². The van der Waals surface area contributed by atoms with Gasteiger partial charge in [0.1, 0.15) is 24.2 Å². The van der Waals surface area contributed by atoms with Crippen molar-refractivity contribution in [3.05, 3.63) is 125 Å². The second-order valence-electron chi connectivity index (χ2n) is 11.4. The molecule has 8 nitrogen and oxygen atoms in total. The number of ether oxygens (including phenoxy) is 1. The van der Waals surface area contributed by atoms with Gasteiger partial charge in [0, 0.05) is 29.5 Å². The minimum atomic E-state index is -4.28. The first-order chi connectivity index (χ1) is 22.5. The van der Waals surface area contributed by atoms with Crippen LogP contribution in [0.15, 0.2) is 112 Å². The SMILES string of the molecule is CCOc1ccc(N(CC(=O)N(Cc2ccccc2F)C(Cc2ccccc2)C(=O)NCC(C)C)S(=O)(=O)c2ccc(Br)cc2)cc1. The van der Waals surface area contributed by atoms with Crippen molar-refractivity contribution in [3.8, 4) is 5.75 Å². The molecule has 0 spiro atoms. The Morgan fingerprint density at radius 2 is 1.53 bits per heavy atom. The van der Waals surface area contributed by atoms with Crippen LogP contribution < -0.4 is 14.4 Å². The molecule has 4 aromatic rings. The highest BCUT2D eigenvalue weighted by atomic mass is 79.9. The Morgan fingerprint density at radius 3 is 2.15 bits per heavy atom. The second-order valence-corrected chi connectivity index (χ2v) is 14.1. The van der Waals surface area contributed by atoms with Crippen LogP contribution in [-0.2, 0) is 32.6 Å². The van der Waals surface area contributed by atoms with Crippen molar-refractivity contribution >= 4 is 43.5 Å². The molecule has 1 N–H and O–H groups in total. The fourth-order valence-corrected chi connectivity index (χ4v) is 6.60. The van der Waals surface area contributed by atoms with E-state index in [0.29, 0.717) is 23.4 Å². The summed E-state index contributed by atoms with van der Waals surface area (Å²) in [6, 6.07) is 26.6. The highest BCUT2D eigenvalue weighted by Gasteiger charge is 2.35. The number of halogens is 2. The van der Waals surface area contributed by atoms with Gasteiger partial charge in [0.2, 0.25) is 11.8 Å². The smallest absolute Gasteiger partial charge is 0.264 e. The summed E-state index contributed by atoms with van der Waals surface area (Å²) in [5.74, 6) is -0.968. The highest BCUT2D eigenvalue weighted by Crippen LogP contribution is 2.28. The quantitative estimate of drug-likeness (QED) is 0.149. The lowest BCUT2D eigenvalue weighted by Gasteiger charge is -2.34. The molecule has 4 aromatic carbocycles. The first-order valence-corrected chi connectivity index (χ1v) is 17.6. The Balaban J connectivity index is 1.80. The van der Waals surface area contributed by atoms with E-state index in [1.165, 1.54) is 23.1 Å². The van der Waals surface area contributed by atoms with E-state index in [1.54, 1.807) is 54.6 Å². The van der Waals surface area contributed by atoms with Crippen molar-refractivity contribution in [3.63, 3.8) is 0 Å². The van der Waals surface area contributed by atoms with Crippen LogP contribution in [-0.4, -0.2) is 50.9 Å². The van der Waals surface area contributed by atoms with Crippen LogP contribution in [0.2, 0.25) is 0 Å². The van der Waals surface area contributed by atoms with E-state index in [1.807, 2.05) is 51.1 Å². The molecule has 248 valence electrons. The van der Waals surface area contributed by atoms with E-state index < -0.39 is 40.2 Å². The fraction of sp³-hybridized carbons (Fsp3) is 0.278. The third kappa shape index (κ3) is 9.65. The number of nitrogens with one attached hydrogen (secondary N) is 1. The molecular formula is C36H39BrFN3O5S. The molecule has 0 aliphatic heterocycles. The lowest BCUT2D eigenvalue weighted by atomic mass is 10.0. The summed E-state index contributed by atoms with van der Waals surface area (Å²) in [7, 11) is -4.28. The van der Waals surface area contributed by atoms with Crippen molar-refractivity contribution in [2.45, 2.75) is 44.7 Å². The lowest BCUT2D eigenvalue weighted by Crippen LogP contribution is -2.53. The van der Waals surface area contributed by atoms with Gasteiger partial charge in [-0.2, -0.15) is 0 Å². The number of nitrogens with zero attached hydrogens (tertiary/aromatic N) is 2. The van der Waals surface area contributed by atoms with Gasteiger partial charge >= 0.3 is 0 Å². The molecule has 47 heavy (non-hydrogen) atoms. The lowest BCUT2D eigenvalue weighted by molar-refractivity contribution is -0.140. The van der Waals surface area contributed by atoms with Gasteiger partial charge in [-0.05, 0) is 73.0 Å². The third-order valence-electron chi connectivity index (χ3n) is 7.37. The second kappa shape index (κ2) is 16.6. The number of hydrogen-bond acceptors (Lipinski definition) is 5. The van der Waals surface area contributed by atoms with Crippen LogP contribution >= 0.6 is 15.9 Å². The van der Waals surface area contributed by atoms with Gasteiger partial charge in [-0.3, -0.25) is 13.9 Å². The summed E-state index contributed by atoms with van der Waals surface area (Å²) >= 11 is 3.34. The standard InChI is InChI=1S/C36H39BrFN3O5S/c1-4-46-31-18-16-30(17-19-31)41(47(44,45)32-20-14-29(37)15-21-32)25-35(42)40(24-28-12-8-9-13-33(28)38)34(36(43)39-23-26(2)3)22-27-10-6-5-7-11-27/h5-21,26,34H,4,22-25H2,1-3H3,(H,39,43). The van der Waals surface area contributed by atoms with Gasteiger partial charge in [0.15, 0.2) is 0 Å². The number of carbonyl (C=O) groups excluding carboxylic acids is 2. The highest BCUT2D eigenvalue weighted by molar-refractivity contribution is 9.10. The maximum atomic E-state index is 15.1. The minimum Gasteiger partial charge on any atom is -0.494 e. The Hall–Kier alpha value is -4.22. The maximum Gasteiger partial charge on any atom is 0.264 e. The summed E-state index contributed by atoms with van der Waals surface area (Å²) in [5, 5.41) is 2.93. The molecule has 0 saturated heterocycles. The number of rotatable bonds is 15. The van der Waals surface area contributed by atoms with Crippen molar-refractivity contribution in [1.29, 1.82) is 0 Å². The van der Waals surface area contributed by atoms with Gasteiger partial charge in [-0.25, -0.2) is 12.8 Å². The molecule has 1 atom stereocenters. The van der Waals surface area contributed by atoms with Crippen LogP contribution in [0.5, 0.6) is 5.75 Å². The van der Waals surface area contributed by atoms with Gasteiger partial charge in [0.25, 0.3) is 10.0 Å². The molecule has 0 saturated carbocycles. The van der Waals surface area contributed by atoms with E-state index >= 15 is 4.39 Å². The topological polar surface area (TPSA) is 96.0 Å². The van der Waals surface area contributed by atoms with Crippen molar-refractivity contribution in [2.75, 3.05) is 24.0 Å². The molecule has 0 heterocycles. The zero-order valence-corrected chi connectivity index (χ0v) is 29.0. The Labute approximate surface area is 284 Å². The fourth-order valence-electron chi connectivity index (χ4n) is 4.92. The maximum absolute atomic E-state index is 15.1. The number of hydrogen-bond donors (Lipinski definition) is 1. The Kier molecular flexibility index (Phi) is 12.6. The van der Waals surface area contributed by atoms with Gasteiger partial charge in [-0.15, -0.1) is 0 Å². The average molecular weight is 725 g/mol. The number of carbonyl (C=O) groups is 2. The predicted octanol–water partition coefficient (Wildman–Crippen LogP) is 6.59. The van der Waals surface area contributed by atoms with E-state index in [0.717, 1.165) is 9.87 Å². The molecule has 2 amide bonds. The van der Waals surface area contributed by atoms with Crippen molar-refractivity contribution in [1.82, 2.24) is 10.2 Å². The zero-order chi connectivity index (χ0) is 34.0. The number of sulfonamides is 1. The van der Waals surface area contributed by atoms with E-state index in [4.69, 9.17) is 4.74 Å². The summed E-state index contributed by atoms with van der Waals surface area (Å²) in [4.78, 5) is 29.6. The van der Waals surface area contributed by atoms with E-state index in [9.17, 15) is 18.0 Å². The van der Waals surface area contributed by atoms with E-state index in [2.05, 4.69) is 21.2 Å². The van der Waals surface area contributed by atoms with Crippen molar-refractivity contribution < 1.29 is 27.1 Å². The normalized spacial score (nSPS) is 12.0. The molecular weight excluding hydrogens is 685 g/mol. The van der Waals surface area contributed by atoms with Gasteiger partial charge in [0.05, 0.1) is 17.2 Å². The molecule has 11 heteroatoms. The molecule has 0 aliphatic rings.